The highest BCUT2D eigenvalue weighted by atomic mass is 32.1. The lowest BCUT2D eigenvalue weighted by Gasteiger charge is -2.31. The summed E-state index contributed by atoms with van der Waals surface area (Å²) in [5.74, 6) is 1.55. The van der Waals surface area contributed by atoms with E-state index in [1.54, 1.807) is 16.2 Å². The predicted octanol–water partition coefficient (Wildman–Crippen LogP) is 4.22. The Hall–Kier alpha value is -2.74. The molecule has 4 heterocycles. The van der Waals surface area contributed by atoms with E-state index in [0.717, 1.165) is 41.2 Å². The number of nitrogens with zero attached hydrogens (tertiary/aromatic N) is 4. The molecular formula is C19H21N5O2S. The Labute approximate surface area is 161 Å². The molecular weight excluding hydrogens is 362 g/mol. The molecule has 0 spiro atoms. The Morgan fingerprint density at radius 3 is 2.78 bits per heavy atom. The first kappa shape index (κ1) is 17.7. The standard InChI is InChI=1S/C19H21N5O2S/c1-12-13(2)23-26-18(12)22-19(25)24-8-4-14(5-9-24)17-20-7-3-16(21-17)15-6-10-27-11-15/h3,6-7,10-11,14H,4-5,8-9H2,1-2H3,(H,22,25). The molecule has 1 saturated heterocycles. The Morgan fingerprint density at radius 1 is 1.30 bits per heavy atom. The second-order valence-electron chi connectivity index (χ2n) is 6.73. The van der Waals surface area contributed by atoms with Crippen LogP contribution >= 0.6 is 11.3 Å². The molecule has 0 saturated carbocycles. The van der Waals surface area contributed by atoms with E-state index in [1.165, 1.54) is 0 Å². The number of carbonyl (C=O) groups is 1. The summed E-state index contributed by atoms with van der Waals surface area (Å²) in [5, 5.41) is 10.8. The van der Waals surface area contributed by atoms with Crippen LogP contribution < -0.4 is 5.32 Å². The van der Waals surface area contributed by atoms with Crippen molar-refractivity contribution >= 4 is 23.3 Å². The highest BCUT2D eigenvalue weighted by molar-refractivity contribution is 7.08. The van der Waals surface area contributed by atoms with Gasteiger partial charge in [0, 0.05) is 41.7 Å². The fourth-order valence-electron chi connectivity index (χ4n) is 3.19. The van der Waals surface area contributed by atoms with Crippen LogP contribution in [0.5, 0.6) is 0 Å². The molecule has 0 atom stereocenters. The van der Waals surface area contributed by atoms with Crippen LogP contribution in [0.25, 0.3) is 11.3 Å². The first-order valence-corrected chi connectivity index (χ1v) is 9.90. The van der Waals surface area contributed by atoms with Crippen LogP contribution in [0, 0.1) is 13.8 Å². The summed E-state index contributed by atoms with van der Waals surface area (Å²) in [7, 11) is 0. The Bertz CT molecular complexity index is 929. The predicted molar refractivity (Wildman–Crippen MR) is 104 cm³/mol. The lowest BCUT2D eigenvalue weighted by atomic mass is 9.96. The lowest BCUT2D eigenvalue weighted by Crippen LogP contribution is -2.40. The van der Waals surface area contributed by atoms with Crippen molar-refractivity contribution < 1.29 is 9.32 Å². The highest BCUT2D eigenvalue weighted by Crippen LogP contribution is 2.28. The number of anilines is 1. The molecule has 140 valence electrons. The summed E-state index contributed by atoms with van der Waals surface area (Å²) in [4.78, 5) is 23.5. The summed E-state index contributed by atoms with van der Waals surface area (Å²) >= 11 is 1.66. The average Bonchev–Trinajstić information content (AvgIpc) is 3.35. The molecule has 3 aromatic heterocycles. The molecule has 2 amide bonds. The third-order valence-corrected chi connectivity index (χ3v) is 5.70. The van der Waals surface area contributed by atoms with E-state index in [-0.39, 0.29) is 11.9 Å². The van der Waals surface area contributed by atoms with Crippen LogP contribution in [-0.4, -0.2) is 39.1 Å². The third kappa shape index (κ3) is 3.71. The summed E-state index contributed by atoms with van der Waals surface area (Å²) in [6, 6.07) is 3.85. The van der Waals surface area contributed by atoms with Crippen LogP contribution in [-0.2, 0) is 0 Å². The Kier molecular flexibility index (Phi) is 4.89. The molecule has 0 unspecified atom stereocenters. The van der Waals surface area contributed by atoms with Gasteiger partial charge in [-0.1, -0.05) is 5.16 Å². The zero-order valence-corrected chi connectivity index (χ0v) is 16.1. The molecule has 1 aliphatic heterocycles. The summed E-state index contributed by atoms with van der Waals surface area (Å²) in [6.45, 7) is 5.05. The summed E-state index contributed by atoms with van der Waals surface area (Å²) in [5.41, 5.74) is 3.72. The Morgan fingerprint density at radius 2 is 2.11 bits per heavy atom. The largest absolute Gasteiger partial charge is 0.338 e. The van der Waals surface area contributed by atoms with Crippen LogP contribution in [0.3, 0.4) is 0 Å². The van der Waals surface area contributed by atoms with Crippen LogP contribution in [0.2, 0.25) is 0 Å². The number of rotatable bonds is 3. The number of aryl methyl sites for hydroxylation is 1. The van der Waals surface area contributed by atoms with Gasteiger partial charge in [0.15, 0.2) is 0 Å². The van der Waals surface area contributed by atoms with Crippen LogP contribution in [0.4, 0.5) is 10.7 Å². The van der Waals surface area contributed by atoms with Crippen LogP contribution in [0.1, 0.15) is 35.8 Å². The number of amides is 2. The van der Waals surface area contributed by atoms with Gasteiger partial charge in [-0.15, -0.1) is 0 Å². The number of likely N-dealkylation sites (tertiary alicyclic amines) is 1. The number of urea groups is 1. The van der Waals surface area contributed by atoms with Crippen molar-refractivity contribution in [3.8, 4) is 11.3 Å². The van der Waals surface area contributed by atoms with Gasteiger partial charge in [0.05, 0.1) is 11.4 Å². The van der Waals surface area contributed by atoms with Gasteiger partial charge in [-0.2, -0.15) is 11.3 Å². The summed E-state index contributed by atoms with van der Waals surface area (Å²) in [6.07, 6.45) is 3.51. The van der Waals surface area contributed by atoms with Crippen molar-refractivity contribution in [2.45, 2.75) is 32.6 Å². The summed E-state index contributed by atoms with van der Waals surface area (Å²) < 4.78 is 5.17. The van der Waals surface area contributed by atoms with Crippen molar-refractivity contribution in [1.29, 1.82) is 0 Å². The van der Waals surface area contributed by atoms with E-state index >= 15 is 0 Å². The number of aromatic nitrogens is 3. The molecule has 0 radical (unpaired) electrons. The zero-order valence-electron chi connectivity index (χ0n) is 15.3. The van der Waals surface area contributed by atoms with Gasteiger partial charge < -0.3 is 9.42 Å². The van der Waals surface area contributed by atoms with Crippen LogP contribution in [0.15, 0.2) is 33.6 Å². The average molecular weight is 383 g/mol. The third-order valence-electron chi connectivity index (χ3n) is 5.02. The van der Waals surface area contributed by atoms with Gasteiger partial charge in [-0.25, -0.2) is 14.8 Å². The fraction of sp³-hybridized carbons (Fsp3) is 0.368. The van der Waals surface area contributed by atoms with Gasteiger partial charge in [-0.3, -0.25) is 5.32 Å². The number of hydrogen-bond acceptors (Lipinski definition) is 6. The van der Waals surface area contributed by atoms with Crippen molar-refractivity contribution in [1.82, 2.24) is 20.0 Å². The number of thiophene rings is 1. The first-order valence-electron chi connectivity index (χ1n) is 8.96. The second kappa shape index (κ2) is 7.48. The zero-order chi connectivity index (χ0) is 18.8. The maximum atomic E-state index is 12.5. The van der Waals surface area contributed by atoms with E-state index in [1.807, 2.05) is 31.5 Å². The molecule has 0 aliphatic carbocycles. The minimum absolute atomic E-state index is 0.152. The number of hydrogen-bond donors (Lipinski definition) is 1. The maximum absolute atomic E-state index is 12.5. The molecule has 7 nitrogen and oxygen atoms in total. The molecule has 8 heteroatoms. The minimum Gasteiger partial charge on any atom is -0.338 e. The van der Waals surface area contributed by atoms with Gasteiger partial charge in [0.2, 0.25) is 5.88 Å². The van der Waals surface area contributed by atoms with Crippen molar-refractivity contribution in [3.05, 3.63) is 46.2 Å². The van der Waals surface area contributed by atoms with E-state index in [9.17, 15) is 4.79 Å². The number of nitrogens with one attached hydrogen (secondary N) is 1. The SMILES string of the molecule is Cc1noc(NC(=O)N2CCC(c3nccc(-c4ccsc4)n3)CC2)c1C. The molecule has 1 fully saturated rings. The Balaban J connectivity index is 1.38. The first-order chi connectivity index (χ1) is 13.1. The van der Waals surface area contributed by atoms with E-state index in [2.05, 4.69) is 26.9 Å². The van der Waals surface area contributed by atoms with E-state index < -0.39 is 0 Å². The van der Waals surface area contributed by atoms with Gasteiger partial charge >= 0.3 is 6.03 Å². The molecule has 1 aliphatic rings. The van der Waals surface area contributed by atoms with Crippen molar-refractivity contribution in [2.24, 2.45) is 0 Å². The monoisotopic (exact) mass is 383 g/mol. The van der Waals surface area contributed by atoms with Gasteiger partial charge in [0.25, 0.3) is 0 Å². The smallest absolute Gasteiger partial charge is 0.324 e. The van der Waals surface area contributed by atoms with E-state index in [4.69, 9.17) is 9.51 Å². The molecule has 0 bridgehead atoms. The molecule has 27 heavy (non-hydrogen) atoms. The molecule has 0 aromatic carbocycles. The lowest BCUT2D eigenvalue weighted by molar-refractivity contribution is 0.192. The molecule has 1 N–H and O–H groups in total. The quantitative estimate of drug-likeness (QED) is 0.732. The highest BCUT2D eigenvalue weighted by Gasteiger charge is 2.26. The van der Waals surface area contributed by atoms with E-state index in [0.29, 0.717) is 19.0 Å². The topological polar surface area (TPSA) is 84.2 Å². The fourth-order valence-corrected chi connectivity index (χ4v) is 3.84. The normalized spacial score (nSPS) is 15.1. The van der Waals surface area contributed by atoms with Gasteiger partial charge in [-0.05, 0) is 44.2 Å². The van der Waals surface area contributed by atoms with Gasteiger partial charge in [0.1, 0.15) is 5.82 Å². The minimum atomic E-state index is -0.152. The molecule has 4 rings (SSSR count). The maximum Gasteiger partial charge on any atom is 0.324 e. The number of carbonyl (C=O) groups excluding carboxylic acids is 1. The molecule has 3 aromatic rings. The van der Waals surface area contributed by atoms with Crippen molar-refractivity contribution in [3.63, 3.8) is 0 Å². The number of piperidine rings is 1. The van der Waals surface area contributed by atoms with Crippen molar-refractivity contribution in [2.75, 3.05) is 18.4 Å². The second-order valence-corrected chi connectivity index (χ2v) is 7.51.